The molecule has 0 saturated heterocycles. The maximum Gasteiger partial charge on any atom is 0.196 e. The summed E-state index contributed by atoms with van der Waals surface area (Å²) < 4.78 is 14.6. The highest BCUT2D eigenvalue weighted by Gasteiger charge is 2.33. The van der Waals surface area contributed by atoms with E-state index in [1.807, 2.05) is 31.2 Å². The van der Waals surface area contributed by atoms with Gasteiger partial charge in [0.25, 0.3) is 0 Å². The lowest BCUT2D eigenvalue weighted by Gasteiger charge is -2.18. The third-order valence-electron chi connectivity index (χ3n) is 4.64. The number of ether oxygens (including phenoxy) is 1. The summed E-state index contributed by atoms with van der Waals surface area (Å²) >= 11 is 0.994. The summed E-state index contributed by atoms with van der Waals surface area (Å²) in [4.78, 5) is 26.0. The molecular formula is C21H12N2O3S. The van der Waals surface area contributed by atoms with E-state index in [0.717, 1.165) is 17.3 Å². The minimum absolute atomic E-state index is 0.205. The first-order chi connectivity index (χ1) is 13.1. The van der Waals surface area contributed by atoms with E-state index in [-0.39, 0.29) is 11.6 Å². The van der Waals surface area contributed by atoms with Gasteiger partial charge in [0.05, 0.1) is 17.3 Å². The van der Waals surface area contributed by atoms with Crippen LogP contribution in [0, 0.1) is 6.92 Å². The summed E-state index contributed by atoms with van der Waals surface area (Å²) in [5.41, 5.74) is 3.42. The van der Waals surface area contributed by atoms with Crippen molar-refractivity contribution in [1.82, 2.24) is 8.75 Å². The summed E-state index contributed by atoms with van der Waals surface area (Å²) in [5, 5.41) is 0. The van der Waals surface area contributed by atoms with Crippen molar-refractivity contribution in [2.45, 2.75) is 6.92 Å². The predicted molar refractivity (Wildman–Crippen MR) is 102 cm³/mol. The van der Waals surface area contributed by atoms with Gasteiger partial charge in [-0.25, -0.2) is 0 Å². The third-order valence-corrected chi connectivity index (χ3v) is 5.17. The van der Waals surface area contributed by atoms with Gasteiger partial charge in [-0.2, -0.15) is 8.75 Å². The van der Waals surface area contributed by atoms with E-state index < -0.39 is 0 Å². The van der Waals surface area contributed by atoms with Crippen LogP contribution in [-0.2, 0) is 0 Å². The van der Waals surface area contributed by atoms with Crippen LogP contribution >= 0.6 is 11.7 Å². The molecule has 5 nitrogen and oxygen atoms in total. The number of aromatic nitrogens is 2. The minimum Gasteiger partial charge on any atom is -0.455 e. The topological polar surface area (TPSA) is 69.2 Å². The Morgan fingerprint density at radius 2 is 1.48 bits per heavy atom. The van der Waals surface area contributed by atoms with Crippen LogP contribution in [0.5, 0.6) is 11.5 Å². The van der Waals surface area contributed by atoms with Crippen molar-refractivity contribution < 1.29 is 14.3 Å². The fraction of sp³-hybridized carbons (Fsp3) is 0.0476. The fourth-order valence-corrected chi connectivity index (χ4v) is 3.85. The van der Waals surface area contributed by atoms with Gasteiger partial charge in [0.2, 0.25) is 0 Å². The number of fused-ring (bicyclic) bond motifs is 4. The van der Waals surface area contributed by atoms with Crippen LogP contribution in [0.3, 0.4) is 0 Å². The van der Waals surface area contributed by atoms with Gasteiger partial charge in [0.15, 0.2) is 17.3 Å². The van der Waals surface area contributed by atoms with E-state index in [1.165, 1.54) is 0 Å². The normalized spacial score (nSPS) is 12.8. The molecular weight excluding hydrogens is 360 g/mol. The van der Waals surface area contributed by atoms with E-state index in [2.05, 4.69) is 8.75 Å². The zero-order valence-electron chi connectivity index (χ0n) is 14.2. The monoisotopic (exact) mass is 372 g/mol. The second-order valence-electron chi connectivity index (χ2n) is 6.38. The fourth-order valence-electron chi connectivity index (χ4n) is 3.29. The Balaban J connectivity index is 1.72. The largest absolute Gasteiger partial charge is 0.455 e. The molecule has 0 fully saturated rings. The Labute approximate surface area is 158 Å². The summed E-state index contributed by atoms with van der Waals surface area (Å²) in [6.07, 6.45) is 0. The first-order valence-corrected chi connectivity index (χ1v) is 9.09. The molecule has 1 aromatic heterocycles. The lowest BCUT2D eigenvalue weighted by molar-refractivity contribution is 0.0980. The van der Waals surface area contributed by atoms with Crippen molar-refractivity contribution >= 4 is 34.3 Å². The lowest BCUT2D eigenvalue weighted by Crippen LogP contribution is -2.21. The van der Waals surface area contributed by atoms with Crippen molar-refractivity contribution in [2.75, 3.05) is 0 Å². The van der Waals surface area contributed by atoms with E-state index >= 15 is 0 Å². The van der Waals surface area contributed by atoms with Gasteiger partial charge in [-0.3, -0.25) is 9.59 Å². The molecule has 0 N–H and O–H groups in total. The Morgan fingerprint density at radius 1 is 0.815 bits per heavy atom. The first kappa shape index (κ1) is 15.8. The zero-order chi connectivity index (χ0) is 18.5. The number of rotatable bonds is 2. The van der Waals surface area contributed by atoms with Crippen molar-refractivity contribution in [3.05, 3.63) is 82.4 Å². The maximum absolute atomic E-state index is 13.0. The molecule has 4 aromatic rings. The van der Waals surface area contributed by atoms with Crippen LogP contribution in [0.1, 0.15) is 37.4 Å². The van der Waals surface area contributed by atoms with Crippen LogP contribution in [0.25, 0.3) is 11.0 Å². The Kier molecular flexibility index (Phi) is 3.42. The van der Waals surface area contributed by atoms with Crippen molar-refractivity contribution in [3.8, 4) is 11.5 Å². The highest BCUT2D eigenvalue weighted by molar-refractivity contribution is 7.00. The number of nitrogens with zero attached hydrogens (tertiary/aromatic N) is 2. The van der Waals surface area contributed by atoms with E-state index in [4.69, 9.17) is 4.74 Å². The molecule has 6 heteroatoms. The van der Waals surface area contributed by atoms with Gasteiger partial charge >= 0.3 is 0 Å². The van der Waals surface area contributed by atoms with Gasteiger partial charge < -0.3 is 4.74 Å². The molecule has 0 atom stereocenters. The molecule has 1 aliphatic rings. The molecule has 0 unspecified atom stereocenters. The van der Waals surface area contributed by atoms with Gasteiger partial charge in [-0.1, -0.05) is 42.0 Å². The molecule has 0 spiro atoms. The molecule has 3 aromatic carbocycles. The molecule has 0 saturated carbocycles. The quantitative estimate of drug-likeness (QED) is 0.454. The number of carbonyl (C=O) groups excluding carboxylic acids is 2. The number of hydrogen-bond donors (Lipinski definition) is 0. The summed E-state index contributed by atoms with van der Waals surface area (Å²) in [6, 6.07) is 16.0. The van der Waals surface area contributed by atoms with Crippen LogP contribution in [0.2, 0.25) is 0 Å². The minimum atomic E-state index is -0.209. The Hall–Kier alpha value is -3.38. The highest BCUT2D eigenvalue weighted by Crippen LogP contribution is 2.38. The third kappa shape index (κ3) is 2.38. The van der Waals surface area contributed by atoms with Gasteiger partial charge in [-0.15, -0.1) is 0 Å². The Morgan fingerprint density at radius 3 is 2.22 bits per heavy atom. The van der Waals surface area contributed by atoms with Crippen LogP contribution in [0.4, 0.5) is 0 Å². The zero-order valence-corrected chi connectivity index (χ0v) is 15.0. The number of ketones is 2. The first-order valence-electron chi connectivity index (χ1n) is 8.35. The molecule has 0 bridgehead atoms. The van der Waals surface area contributed by atoms with E-state index in [9.17, 15) is 9.59 Å². The van der Waals surface area contributed by atoms with Crippen LogP contribution < -0.4 is 4.74 Å². The average molecular weight is 372 g/mol. The second-order valence-corrected chi connectivity index (χ2v) is 6.91. The molecule has 1 heterocycles. The van der Waals surface area contributed by atoms with E-state index in [1.54, 1.807) is 30.3 Å². The number of aryl methyl sites for hydroxylation is 1. The summed E-state index contributed by atoms with van der Waals surface area (Å²) in [5.74, 6) is 0.635. The van der Waals surface area contributed by atoms with Gasteiger partial charge in [-0.05, 0) is 25.1 Å². The van der Waals surface area contributed by atoms with Gasteiger partial charge in [0.1, 0.15) is 16.8 Å². The van der Waals surface area contributed by atoms with Crippen molar-refractivity contribution in [3.63, 3.8) is 0 Å². The van der Waals surface area contributed by atoms with Crippen molar-refractivity contribution in [2.24, 2.45) is 0 Å². The second kappa shape index (κ2) is 5.82. The van der Waals surface area contributed by atoms with E-state index in [0.29, 0.717) is 44.8 Å². The number of carbonyl (C=O) groups is 2. The average Bonchev–Trinajstić information content (AvgIpc) is 3.18. The molecule has 130 valence electrons. The Bertz CT molecular complexity index is 1240. The smallest absolute Gasteiger partial charge is 0.196 e. The molecule has 0 radical (unpaired) electrons. The predicted octanol–water partition coefficient (Wildman–Crippen LogP) is 4.57. The molecule has 1 aliphatic carbocycles. The maximum atomic E-state index is 13.0. The summed E-state index contributed by atoms with van der Waals surface area (Å²) in [7, 11) is 0. The molecule has 0 aliphatic heterocycles. The van der Waals surface area contributed by atoms with Crippen LogP contribution in [0.15, 0.2) is 54.6 Å². The number of hydrogen-bond acceptors (Lipinski definition) is 6. The van der Waals surface area contributed by atoms with Crippen molar-refractivity contribution in [1.29, 1.82) is 0 Å². The molecule has 0 amide bonds. The van der Waals surface area contributed by atoms with Gasteiger partial charge in [0, 0.05) is 16.7 Å². The molecule has 5 rings (SSSR count). The highest BCUT2D eigenvalue weighted by atomic mass is 32.1. The SMILES string of the molecule is Cc1ccc(Oc2cc3c(c4nsnc24)C(=O)c2ccccc2C3=O)cc1. The summed E-state index contributed by atoms with van der Waals surface area (Å²) in [6.45, 7) is 1.99. The lowest BCUT2D eigenvalue weighted by atomic mass is 9.83. The molecule has 27 heavy (non-hydrogen) atoms. The number of benzene rings is 3. The van der Waals surface area contributed by atoms with Crippen LogP contribution in [-0.4, -0.2) is 20.3 Å². The standard InChI is InChI=1S/C21H12N2O3S/c1-11-6-8-12(9-7-11)26-16-10-15-17(19-18(16)22-27-23-19)21(25)14-5-3-2-4-13(14)20(15)24/h2-10H,1H3.